The van der Waals surface area contributed by atoms with E-state index in [-0.39, 0.29) is 11.7 Å². The average molecular weight is 281 g/mol. The highest BCUT2D eigenvalue weighted by Crippen LogP contribution is 2.26. The fourth-order valence-corrected chi connectivity index (χ4v) is 2.56. The molecule has 0 amide bonds. The van der Waals surface area contributed by atoms with Crippen molar-refractivity contribution in [2.24, 2.45) is 0 Å². The maximum atomic E-state index is 12.3. The number of pyridine rings is 1. The number of benzene rings is 1. The van der Waals surface area contributed by atoms with Gasteiger partial charge in [0.1, 0.15) is 12.0 Å². The molecule has 1 aromatic heterocycles. The first-order valence-corrected chi connectivity index (χ1v) is 7.06. The zero-order valence-corrected chi connectivity index (χ0v) is 12.4. The first-order chi connectivity index (χ1) is 10.1. The van der Waals surface area contributed by atoms with Crippen LogP contribution in [0.3, 0.4) is 0 Å². The number of Topliss-reactive ketones (excluding diaryl/α,β-unsaturated/α-hetero) is 1. The van der Waals surface area contributed by atoms with E-state index in [0.717, 1.165) is 23.0 Å². The van der Waals surface area contributed by atoms with Crippen LogP contribution in [0.5, 0.6) is 0 Å². The Bertz CT molecular complexity index is 615. The highest BCUT2D eigenvalue weighted by Gasteiger charge is 2.18. The van der Waals surface area contributed by atoms with Crippen LogP contribution in [0.4, 0.5) is 0 Å². The number of carbonyl (C=O) groups is 2. The molecule has 2 rings (SSSR count). The van der Waals surface area contributed by atoms with E-state index in [9.17, 15) is 9.59 Å². The summed E-state index contributed by atoms with van der Waals surface area (Å²) in [6.07, 6.45) is 3.15. The van der Waals surface area contributed by atoms with Crippen molar-refractivity contribution >= 4 is 12.1 Å². The minimum absolute atomic E-state index is 0.0263. The van der Waals surface area contributed by atoms with Gasteiger partial charge in [0.25, 0.3) is 0 Å². The van der Waals surface area contributed by atoms with Gasteiger partial charge in [-0.05, 0) is 37.5 Å². The number of hydrogen-bond acceptors (Lipinski definition) is 3. The smallest absolute Gasteiger partial charge is 0.181 e. The van der Waals surface area contributed by atoms with Gasteiger partial charge in [0, 0.05) is 19.0 Å². The zero-order chi connectivity index (χ0) is 15.2. The van der Waals surface area contributed by atoms with Gasteiger partial charge in [-0.2, -0.15) is 0 Å². The second-order valence-corrected chi connectivity index (χ2v) is 5.36. The van der Waals surface area contributed by atoms with Gasteiger partial charge in [-0.15, -0.1) is 0 Å². The Kier molecular flexibility index (Phi) is 4.99. The number of nitrogens with zero attached hydrogens (tertiary/aromatic N) is 1. The summed E-state index contributed by atoms with van der Waals surface area (Å²) >= 11 is 0. The van der Waals surface area contributed by atoms with Gasteiger partial charge < -0.3 is 4.79 Å². The third-order valence-corrected chi connectivity index (χ3v) is 3.48. The van der Waals surface area contributed by atoms with E-state index in [2.05, 4.69) is 11.1 Å². The first-order valence-electron chi connectivity index (χ1n) is 7.06. The van der Waals surface area contributed by atoms with Crippen LogP contribution in [-0.2, 0) is 4.79 Å². The predicted molar refractivity (Wildman–Crippen MR) is 82.5 cm³/mol. The second kappa shape index (κ2) is 6.93. The molecule has 1 aromatic carbocycles. The maximum Gasteiger partial charge on any atom is 0.181 e. The van der Waals surface area contributed by atoms with Crippen LogP contribution in [0.15, 0.2) is 42.6 Å². The highest BCUT2D eigenvalue weighted by atomic mass is 16.1. The van der Waals surface area contributed by atoms with E-state index in [1.54, 1.807) is 24.4 Å². The monoisotopic (exact) mass is 281 g/mol. The summed E-state index contributed by atoms with van der Waals surface area (Å²) < 4.78 is 0. The van der Waals surface area contributed by atoms with E-state index < -0.39 is 0 Å². The van der Waals surface area contributed by atoms with Crippen LogP contribution in [-0.4, -0.2) is 17.1 Å². The van der Waals surface area contributed by atoms with Crippen LogP contribution >= 0.6 is 0 Å². The summed E-state index contributed by atoms with van der Waals surface area (Å²) in [7, 11) is 0. The Labute approximate surface area is 125 Å². The lowest BCUT2D eigenvalue weighted by atomic mass is 9.88. The summed E-state index contributed by atoms with van der Waals surface area (Å²) in [6, 6.07) is 11.5. The van der Waals surface area contributed by atoms with Crippen LogP contribution in [0.25, 0.3) is 0 Å². The normalized spacial score (nSPS) is 11.9. The van der Waals surface area contributed by atoms with E-state index in [1.807, 2.05) is 26.0 Å². The van der Waals surface area contributed by atoms with E-state index >= 15 is 0 Å². The Morgan fingerprint density at radius 1 is 1.19 bits per heavy atom. The first kappa shape index (κ1) is 15.1. The molecule has 2 aromatic rings. The fourth-order valence-electron chi connectivity index (χ4n) is 2.56. The van der Waals surface area contributed by atoms with Gasteiger partial charge in [-0.3, -0.25) is 9.78 Å². The minimum Gasteiger partial charge on any atom is -0.303 e. The van der Waals surface area contributed by atoms with Gasteiger partial charge in [0.15, 0.2) is 5.78 Å². The molecular weight excluding hydrogens is 262 g/mol. The van der Waals surface area contributed by atoms with Crippen molar-refractivity contribution in [3.63, 3.8) is 0 Å². The lowest BCUT2D eigenvalue weighted by Crippen LogP contribution is -2.10. The van der Waals surface area contributed by atoms with E-state index in [0.29, 0.717) is 18.5 Å². The summed E-state index contributed by atoms with van der Waals surface area (Å²) in [4.78, 5) is 27.3. The van der Waals surface area contributed by atoms with Crippen LogP contribution in [0.2, 0.25) is 0 Å². The van der Waals surface area contributed by atoms with Gasteiger partial charge in [0.2, 0.25) is 0 Å². The molecule has 1 atom stereocenters. The number of ketones is 1. The fraction of sp³-hybridized carbons (Fsp3) is 0.278. The molecule has 108 valence electrons. The van der Waals surface area contributed by atoms with Crippen molar-refractivity contribution in [2.45, 2.75) is 32.6 Å². The molecule has 0 fully saturated rings. The van der Waals surface area contributed by atoms with Crippen molar-refractivity contribution in [1.29, 1.82) is 0 Å². The summed E-state index contributed by atoms with van der Waals surface area (Å²) in [6.45, 7) is 4.05. The third kappa shape index (κ3) is 4.09. The van der Waals surface area contributed by atoms with Gasteiger partial charge in [0.05, 0.1) is 0 Å². The molecule has 0 aliphatic heterocycles. The molecule has 0 radical (unpaired) electrons. The third-order valence-electron chi connectivity index (χ3n) is 3.48. The molecule has 0 bridgehead atoms. The second-order valence-electron chi connectivity index (χ2n) is 5.36. The maximum absolute atomic E-state index is 12.3. The number of rotatable bonds is 6. The van der Waals surface area contributed by atoms with Gasteiger partial charge in [-0.1, -0.05) is 35.4 Å². The Balaban J connectivity index is 2.23. The molecule has 0 spiro atoms. The highest BCUT2D eigenvalue weighted by molar-refractivity contribution is 5.94. The van der Waals surface area contributed by atoms with E-state index in [1.165, 1.54) is 0 Å². The number of aldehydes is 1. The molecule has 0 aliphatic carbocycles. The Hall–Kier alpha value is -2.29. The predicted octanol–water partition coefficient (Wildman–Crippen LogP) is 3.64. The molecule has 1 heterocycles. The molecule has 0 saturated carbocycles. The van der Waals surface area contributed by atoms with Gasteiger partial charge in [-0.25, -0.2) is 0 Å². The lowest BCUT2D eigenvalue weighted by molar-refractivity contribution is -0.108. The molecule has 21 heavy (non-hydrogen) atoms. The van der Waals surface area contributed by atoms with Crippen LogP contribution < -0.4 is 0 Å². The summed E-state index contributed by atoms with van der Waals surface area (Å²) in [5.74, 6) is -0.114. The van der Waals surface area contributed by atoms with Crippen molar-refractivity contribution in [3.8, 4) is 0 Å². The topological polar surface area (TPSA) is 47.0 Å². The quantitative estimate of drug-likeness (QED) is 0.600. The number of aryl methyl sites for hydroxylation is 2. The average Bonchev–Trinajstić information content (AvgIpc) is 2.46. The molecule has 0 aliphatic rings. The largest absolute Gasteiger partial charge is 0.303 e. The lowest BCUT2D eigenvalue weighted by Gasteiger charge is -2.15. The Morgan fingerprint density at radius 2 is 1.90 bits per heavy atom. The summed E-state index contributed by atoms with van der Waals surface area (Å²) in [5, 5.41) is 0. The number of hydrogen-bond donors (Lipinski definition) is 0. The SMILES string of the molecule is Cc1cc(C)cc(C(CC=O)CC(=O)c2ccccn2)c1. The van der Waals surface area contributed by atoms with Crippen molar-refractivity contribution in [1.82, 2.24) is 4.98 Å². The number of aromatic nitrogens is 1. The minimum atomic E-state index is -0.0874. The van der Waals surface area contributed by atoms with Gasteiger partial charge >= 0.3 is 0 Å². The van der Waals surface area contributed by atoms with Crippen LogP contribution in [0, 0.1) is 13.8 Å². The number of carbonyl (C=O) groups excluding carboxylic acids is 2. The van der Waals surface area contributed by atoms with Crippen molar-refractivity contribution in [3.05, 3.63) is 65.0 Å². The van der Waals surface area contributed by atoms with Crippen molar-refractivity contribution in [2.75, 3.05) is 0 Å². The molecule has 0 saturated heterocycles. The molecule has 3 heteroatoms. The standard InChI is InChI=1S/C18H19NO2/c1-13-9-14(2)11-16(10-13)15(6-8-20)12-18(21)17-5-3-4-7-19-17/h3-5,7-11,15H,6,12H2,1-2H3. The molecular formula is C18H19NO2. The zero-order valence-electron chi connectivity index (χ0n) is 12.4. The Morgan fingerprint density at radius 3 is 2.48 bits per heavy atom. The van der Waals surface area contributed by atoms with Crippen molar-refractivity contribution < 1.29 is 9.59 Å². The summed E-state index contributed by atoms with van der Waals surface area (Å²) in [5.41, 5.74) is 3.79. The van der Waals surface area contributed by atoms with Crippen LogP contribution in [0.1, 0.15) is 45.9 Å². The molecule has 0 N–H and O–H groups in total. The molecule has 3 nitrogen and oxygen atoms in total. The van der Waals surface area contributed by atoms with E-state index in [4.69, 9.17) is 0 Å². The molecule has 1 unspecified atom stereocenters.